The molecule has 154 valence electrons. The highest BCUT2D eigenvalue weighted by atomic mass is 32.1. The van der Waals surface area contributed by atoms with Gasteiger partial charge in [-0.05, 0) is 42.9 Å². The van der Waals surface area contributed by atoms with Crippen LogP contribution in [0.15, 0.2) is 24.3 Å². The molecule has 2 aliphatic rings. The van der Waals surface area contributed by atoms with Crippen molar-refractivity contribution >= 4 is 32.6 Å². The summed E-state index contributed by atoms with van der Waals surface area (Å²) in [6.45, 7) is 6.46. The second kappa shape index (κ2) is 7.37. The number of fused-ring (bicyclic) bond motifs is 4. The number of rotatable bonds is 3. The van der Waals surface area contributed by atoms with Crippen LogP contribution in [0.4, 0.5) is 0 Å². The van der Waals surface area contributed by atoms with Gasteiger partial charge in [0.2, 0.25) is 0 Å². The first-order chi connectivity index (χ1) is 14.8. The molecule has 0 spiro atoms. The molecule has 7 nitrogen and oxygen atoms in total. The second-order valence-corrected chi connectivity index (χ2v) is 9.46. The average Bonchev–Trinajstić information content (AvgIpc) is 3.34. The van der Waals surface area contributed by atoms with E-state index in [0.29, 0.717) is 0 Å². The number of ether oxygens (including phenoxy) is 1. The van der Waals surface area contributed by atoms with E-state index in [1.807, 2.05) is 34.2 Å². The predicted octanol–water partition coefficient (Wildman–Crippen LogP) is 3.38. The van der Waals surface area contributed by atoms with Gasteiger partial charge in [0.05, 0.1) is 30.7 Å². The number of benzene rings is 1. The van der Waals surface area contributed by atoms with Crippen LogP contribution in [0.2, 0.25) is 0 Å². The maximum Gasteiger partial charge on any atom is 0.168 e. The molecule has 30 heavy (non-hydrogen) atoms. The van der Waals surface area contributed by atoms with Gasteiger partial charge in [-0.3, -0.25) is 4.90 Å². The topological polar surface area (TPSA) is 69.0 Å². The lowest BCUT2D eigenvalue weighted by Crippen LogP contribution is -2.36. The van der Waals surface area contributed by atoms with Gasteiger partial charge >= 0.3 is 0 Å². The zero-order chi connectivity index (χ0) is 20.1. The summed E-state index contributed by atoms with van der Waals surface area (Å²) in [5.74, 6) is 2.46. The SMILES string of the molecule is CC1CCc2c(sc3nc(CN4CCOCC4)nc(-n4nnc5ccccc54)c23)C1. The van der Waals surface area contributed by atoms with Crippen LogP contribution in [0.5, 0.6) is 0 Å². The Hall–Kier alpha value is -2.42. The number of nitrogens with zero attached hydrogens (tertiary/aromatic N) is 6. The second-order valence-electron chi connectivity index (χ2n) is 8.37. The monoisotopic (exact) mass is 420 g/mol. The van der Waals surface area contributed by atoms with Crippen molar-refractivity contribution in [3.8, 4) is 5.82 Å². The Morgan fingerprint density at radius 3 is 2.93 bits per heavy atom. The molecule has 1 aliphatic carbocycles. The number of aryl methyl sites for hydroxylation is 1. The quantitative estimate of drug-likeness (QED) is 0.506. The van der Waals surface area contributed by atoms with Gasteiger partial charge in [0.15, 0.2) is 5.82 Å². The summed E-state index contributed by atoms with van der Waals surface area (Å²) in [5, 5.41) is 10.0. The highest BCUT2D eigenvalue weighted by molar-refractivity contribution is 7.18. The van der Waals surface area contributed by atoms with Crippen molar-refractivity contribution in [2.45, 2.75) is 32.7 Å². The normalized spacial score (nSPS) is 20.1. The number of hydrogen-bond donors (Lipinski definition) is 0. The van der Waals surface area contributed by atoms with Crippen molar-refractivity contribution < 1.29 is 4.74 Å². The fraction of sp³-hybridized carbons (Fsp3) is 0.455. The maximum atomic E-state index is 5.50. The van der Waals surface area contributed by atoms with Crippen molar-refractivity contribution in [3.63, 3.8) is 0 Å². The van der Waals surface area contributed by atoms with E-state index in [0.717, 1.165) is 79.1 Å². The highest BCUT2D eigenvalue weighted by Gasteiger charge is 2.26. The van der Waals surface area contributed by atoms with Gasteiger partial charge < -0.3 is 4.74 Å². The maximum absolute atomic E-state index is 5.50. The molecule has 1 aliphatic heterocycles. The van der Waals surface area contributed by atoms with Crippen molar-refractivity contribution in [2.24, 2.45) is 5.92 Å². The third kappa shape index (κ3) is 3.10. The summed E-state index contributed by atoms with van der Waals surface area (Å²) in [7, 11) is 0. The lowest BCUT2D eigenvalue weighted by atomic mass is 9.89. The Kier molecular flexibility index (Phi) is 4.51. The van der Waals surface area contributed by atoms with E-state index in [-0.39, 0.29) is 0 Å². The summed E-state index contributed by atoms with van der Waals surface area (Å²) in [6, 6.07) is 8.08. The van der Waals surface area contributed by atoms with Crippen LogP contribution in [-0.4, -0.2) is 56.2 Å². The van der Waals surface area contributed by atoms with Crippen LogP contribution in [0.1, 0.15) is 29.6 Å². The van der Waals surface area contributed by atoms with E-state index in [9.17, 15) is 0 Å². The van der Waals surface area contributed by atoms with Crippen LogP contribution in [0.25, 0.3) is 27.1 Å². The molecular formula is C22H24N6OS. The molecule has 8 heteroatoms. The molecule has 0 saturated carbocycles. The molecule has 1 saturated heterocycles. The Morgan fingerprint density at radius 2 is 2.03 bits per heavy atom. The molecule has 0 bridgehead atoms. The van der Waals surface area contributed by atoms with E-state index in [2.05, 4.69) is 28.2 Å². The van der Waals surface area contributed by atoms with Crippen LogP contribution in [-0.2, 0) is 24.1 Å². The summed E-state index contributed by atoms with van der Waals surface area (Å²) in [6.07, 6.45) is 3.43. The van der Waals surface area contributed by atoms with E-state index in [1.165, 1.54) is 22.2 Å². The highest BCUT2D eigenvalue weighted by Crippen LogP contribution is 2.39. The zero-order valence-corrected chi connectivity index (χ0v) is 17.9. The number of morpholine rings is 1. The van der Waals surface area contributed by atoms with E-state index in [1.54, 1.807) is 0 Å². The fourth-order valence-electron chi connectivity index (χ4n) is 4.57. The number of hydrogen-bond acceptors (Lipinski definition) is 7. The number of para-hydroxylation sites is 1. The number of aromatic nitrogens is 5. The van der Waals surface area contributed by atoms with Crippen molar-refractivity contribution in [1.82, 2.24) is 29.9 Å². The number of thiophene rings is 1. The van der Waals surface area contributed by atoms with Crippen LogP contribution >= 0.6 is 11.3 Å². The Balaban J connectivity index is 1.54. The van der Waals surface area contributed by atoms with Crippen molar-refractivity contribution in [1.29, 1.82) is 0 Å². The molecule has 1 atom stereocenters. The Labute approximate surface area is 178 Å². The molecule has 6 rings (SSSR count). The van der Waals surface area contributed by atoms with Gasteiger partial charge in [0.1, 0.15) is 16.2 Å². The minimum atomic E-state index is 0.724. The molecule has 1 fully saturated rings. The van der Waals surface area contributed by atoms with Gasteiger partial charge in [-0.25, -0.2) is 9.97 Å². The molecule has 1 aromatic carbocycles. The average molecular weight is 421 g/mol. The summed E-state index contributed by atoms with van der Waals surface area (Å²) < 4.78 is 7.41. The van der Waals surface area contributed by atoms with Crippen molar-refractivity contribution in [2.75, 3.05) is 26.3 Å². The first kappa shape index (κ1) is 18.4. The third-order valence-electron chi connectivity index (χ3n) is 6.20. The van der Waals surface area contributed by atoms with Crippen LogP contribution in [0.3, 0.4) is 0 Å². The van der Waals surface area contributed by atoms with Gasteiger partial charge in [-0.15, -0.1) is 16.4 Å². The Morgan fingerprint density at radius 1 is 1.17 bits per heavy atom. The lowest BCUT2D eigenvalue weighted by Gasteiger charge is -2.25. The summed E-state index contributed by atoms with van der Waals surface area (Å²) in [5.41, 5.74) is 3.29. The molecule has 0 radical (unpaired) electrons. The van der Waals surface area contributed by atoms with Crippen LogP contribution < -0.4 is 0 Å². The minimum absolute atomic E-state index is 0.724. The fourth-order valence-corrected chi connectivity index (χ4v) is 5.97. The smallest absolute Gasteiger partial charge is 0.168 e. The molecule has 4 heterocycles. The van der Waals surface area contributed by atoms with E-state index in [4.69, 9.17) is 14.7 Å². The lowest BCUT2D eigenvalue weighted by molar-refractivity contribution is 0.0331. The molecule has 1 unspecified atom stereocenters. The summed E-state index contributed by atoms with van der Waals surface area (Å²) >= 11 is 1.84. The zero-order valence-electron chi connectivity index (χ0n) is 17.0. The van der Waals surface area contributed by atoms with Crippen molar-refractivity contribution in [3.05, 3.63) is 40.5 Å². The van der Waals surface area contributed by atoms with Gasteiger partial charge in [-0.1, -0.05) is 24.3 Å². The molecule has 0 N–H and O–H groups in total. The molecule has 3 aromatic heterocycles. The van der Waals surface area contributed by atoms with E-state index < -0.39 is 0 Å². The predicted molar refractivity (Wildman–Crippen MR) is 117 cm³/mol. The van der Waals surface area contributed by atoms with Gasteiger partial charge in [0, 0.05) is 18.0 Å². The minimum Gasteiger partial charge on any atom is -0.379 e. The molecule has 0 amide bonds. The first-order valence-electron chi connectivity index (χ1n) is 10.7. The van der Waals surface area contributed by atoms with E-state index >= 15 is 0 Å². The van der Waals surface area contributed by atoms with Gasteiger partial charge in [-0.2, -0.15) is 4.68 Å². The molecular weight excluding hydrogens is 396 g/mol. The largest absolute Gasteiger partial charge is 0.379 e. The third-order valence-corrected chi connectivity index (χ3v) is 7.35. The first-order valence-corrected chi connectivity index (χ1v) is 11.5. The summed E-state index contributed by atoms with van der Waals surface area (Å²) in [4.78, 5) is 15.0. The van der Waals surface area contributed by atoms with Gasteiger partial charge in [0.25, 0.3) is 0 Å². The Bertz CT molecular complexity index is 1230. The molecule has 4 aromatic rings. The standard InChI is InChI=1S/C22H24N6OS/c1-14-6-7-15-18(12-14)30-22-20(15)21(28-17-5-3-2-4-16(17)25-26-28)23-19(24-22)13-27-8-10-29-11-9-27/h2-5,14H,6-13H2,1H3. The van der Waals surface area contributed by atoms with Crippen LogP contribution in [0, 0.1) is 5.92 Å².